The summed E-state index contributed by atoms with van der Waals surface area (Å²) in [5.41, 5.74) is -0.804. The van der Waals surface area contributed by atoms with Crippen molar-refractivity contribution in [2.75, 3.05) is 13.1 Å². The fraction of sp³-hybridized carbons (Fsp3) is 0.733. The highest BCUT2D eigenvalue weighted by atomic mass is 16.4. The molecule has 0 spiro atoms. The molecule has 2 bridgehead atoms. The first-order chi connectivity index (χ1) is 9.33. The molecule has 20 heavy (non-hydrogen) atoms. The summed E-state index contributed by atoms with van der Waals surface area (Å²) < 4.78 is 0. The quantitative estimate of drug-likeness (QED) is 0.747. The fourth-order valence-corrected chi connectivity index (χ4v) is 3.84. The van der Waals surface area contributed by atoms with Gasteiger partial charge in [0.1, 0.15) is 5.60 Å². The Morgan fingerprint density at radius 1 is 1.20 bits per heavy atom. The molecule has 2 aliphatic carbocycles. The Balaban J connectivity index is 1.72. The molecular weight excluding hydrogens is 258 g/mol. The molecule has 3 aliphatic rings. The van der Waals surface area contributed by atoms with Crippen LogP contribution in [0.25, 0.3) is 0 Å². The zero-order valence-corrected chi connectivity index (χ0v) is 11.8. The lowest BCUT2D eigenvalue weighted by atomic mass is 9.78. The van der Waals surface area contributed by atoms with Gasteiger partial charge in [-0.25, -0.2) is 0 Å². The van der Waals surface area contributed by atoms with Gasteiger partial charge in [0.2, 0.25) is 5.91 Å². The Morgan fingerprint density at radius 2 is 1.75 bits per heavy atom. The summed E-state index contributed by atoms with van der Waals surface area (Å²) in [6.45, 7) is 4.52. The molecular formula is C15H21NO4. The van der Waals surface area contributed by atoms with Gasteiger partial charge < -0.3 is 15.1 Å². The molecule has 0 aromatic heterocycles. The second kappa shape index (κ2) is 4.32. The van der Waals surface area contributed by atoms with Crippen molar-refractivity contribution in [3.63, 3.8) is 0 Å². The first-order valence-electron chi connectivity index (χ1n) is 7.26. The second-order valence-electron chi connectivity index (χ2n) is 6.79. The highest BCUT2D eigenvalue weighted by Crippen LogP contribution is 2.49. The molecule has 0 radical (unpaired) electrons. The van der Waals surface area contributed by atoms with Crippen LogP contribution in [0.2, 0.25) is 0 Å². The van der Waals surface area contributed by atoms with Crippen molar-refractivity contribution in [3.8, 4) is 0 Å². The number of nitrogens with zero attached hydrogens (tertiary/aromatic N) is 1. The third-order valence-corrected chi connectivity index (χ3v) is 5.35. The highest BCUT2D eigenvalue weighted by molar-refractivity contribution is 5.87. The Labute approximate surface area is 118 Å². The molecule has 4 unspecified atom stereocenters. The van der Waals surface area contributed by atoms with E-state index in [9.17, 15) is 19.8 Å². The van der Waals surface area contributed by atoms with Crippen molar-refractivity contribution in [1.82, 2.24) is 4.90 Å². The van der Waals surface area contributed by atoms with Crippen molar-refractivity contribution in [2.45, 2.75) is 25.9 Å². The lowest BCUT2D eigenvalue weighted by Crippen LogP contribution is -2.67. The molecule has 3 rings (SSSR count). The van der Waals surface area contributed by atoms with E-state index in [-0.39, 0.29) is 23.7 Å². The number of aliphatic hydroxyl groups is 1. The van der Waals surface area contributed by atoms with Crippen LogP contribution in [0.15, 0.2) is 12.2 Å². The number of carbonyl (C=O) groups excluding carboxylic acids is 1. The van der Waals surface area contributed by atoms with E-state index in [1.807, 2.05) is 26.0 Å². The summed E-state index contributed by atoms with van der Waals surface area (Å²) in [6.07, 6.45) is 4.70. The minimum absolute atomic E-state index is 0.00305. The number of carboxylic acids is 1. The molecule has 0 aromatic rings. The van der Waals surface area contributed by atoms with Gasteiger partial charge in [0.25, 0.3) is 0 Å². The molecule has 1 aliphatic heterocycles. The van der Waals surface area contributed by atoms with E-state index in [1.165, 1.54) is 0 Å². The Bertz CT molecular complexity index is 478. The number of fused-ring (bicyclic) bond motifs is 2. The van der Waals surface area contributed by atoms with Crippen LogP contribution in [-0.4, -0.2) is 45.7 Å². The molecule has 110 valence electrons. The van der Waals surface area contributed by atoms with E-state index >= 15 is 0 Å². The molecule has 2 fully saturated rings. The molecule has 1 saturated heterocycles. The number of β-amino-alcohol motifs (C(OH)–C–C–N with tert-alkyl or cyclic N) is 1. The molecule has 0 aromatic carbocycles. The average Bonchev–Trinajstić information content (AvgIpc) is 2.93. The summed E-state index contributed by atoms with van der Waals surface area (Å²) in [7, 11) is 0. The maximum atomic E-state index is 12.6. The molecule has 5 heteroatoms. The lowest BCUT2D eigenvalue weighted by molar-refractivity contribution is -0.172. The van der Waals surface area contributed by atoms with Crippen LogP contribution in [0, 0.1) is 29.6 Å². The van der Waals surface area contributed by atoms with E-state index in [0.29, 0.717) is 13.1 Å². The van der Waals surface area contributed by atoms with Gasteiger partial charge >= 0.3 is 5.97 Å². The van der Waals surface area contributed by atoms with Crippen molar-refractivity contribution in [3.05, 3.63) is 12.2 Å². The van der Waals surface area contributed by atoms with Gasteiger partial charge in [0, 0.05) is 0 Å². The largest absolute Gasteiger partial charge is 0.481 e. The zero-order valence-electron chi connectivity index (χ0n) is 11.8. The van der Waals surface area contributed by atoms with Gasteiger partial charge in [-0.1, -0.05) is 26.0 Å². The average molecular weight is 279 g/mol. The van der Waals surface area contributed by atoms with Gasteiger partial charge in [-0.2, -0.15) is 0 Å². The molecule has 5 nitrogen and oxygen atoms in total. The van der Waals surface area contributed by atoms with Crippen LogP contribution in [0.3, 0.4) is 0 Å². The molecule has 2 N–H and O–H groups in total. The predicted molar refractivity (Wildman–Crippen MR) is 71.7 cm³/mol. The number of hydrogen-bond acceptors (Lipinski definition) is 3. The van der Waals surface area contributed by atoms with Crippen molar-refractivity contribution >= 4 is 11.9 Å². The number of allylic oxidation sites excluding steroid dienone is 2. The van der Waals surface area contributed by atoms with Crippen LogP contribution < -0.4 is 0 Å². The lowest BCUT2D eigenvalue weighted by Gasteiger charge is -2.50. The van der Waals surface area contributed by atoms with Gasteiger partial charge in [0.15, 0.2) is 0 Å². The van der Waals surface area contributed by atoms with E-state index < -0.39 is 23.4 Å². The van der Waals surface area contributed by atoms with E-state index in [1.54, 1.807) is 4.90 Å². The molecule has 1 heterocycles. The number of carboxylic acid groups (broad SMARTS) is 1. The van der Waals surface area contributed by atoms with Crippen molar-refractivity contribution < 1.29 is 19.8 Å². The minimum Gasteiger partial charge on any atom is -0.481 e. The Hall–Kier alpha value is -1.36. The van der Waals surface area contributed by atoms with Gasteiger partial charge in [-0.15, -0.1) is 0 Å². The second-order valence-corrected chi connectivity index (χ2v) is 6.79. The minimum atomic E-state index is -0.875. The van der Waals surface area contributed by atoms with Gasteiger partial charge in [-0.3, -0.25) is 9.59 Å². The van der Waals surface area contributed by atoms with Crippen LogP contribution in [0.1, 0.15) is 20.3 Å². The predicted octanol–water partition coefficient (Wildman–Crippen LogP) is 0.739. The summed E-state index contributed by atoms with van der Waals surface area (Å²) in [4.78, 5) is 25.6. The molecule has 4 atom stereocenters. The van der Waals surface area contributed by atoms with Crippen molar-refractivity contribution in [2.24, 2.45) is 29.6 Å². The summed E-state index contributed by atoms with van der Waals surface area (Å²) in [6, 6.07) is 0. The number of aliphatic carboxylic acids is 1. The zero-order chi connectivity index (χ0) is 14.7. The van der Waals surface area contributed by atoms with E-state index in [2.05, 4.69) is 0 Å². The smallest absolute Gasteiger partial charge is 0.307 e. The first kappa shape index (κ1) is 13.6. The maximum absolute atomic E-state index is 12.6. The number of hydrogen-bond donors (Lipinski definition) is 2. The Morgan fingerprint density at radius 3 is 2.25 bits per heavy atom. The standard InChI is InChI=1S/C15H21NO4/c1-8(2)15(20)6-16(7-15)13(17)11-9-3-4-10(5-9)12(11)14(18)19/h3-4,8-12,20H,5-7H2,1-2H3,(H,18,19). The monoisotopic (exact) mass is 279 g/mol. The summed E-state index contributed by atoms with van der Waals surface area (Å²) in [5.74, 6) is -1.86. The van der Waals surface area contributed by atoms with E-state index in [0.717, 1.165) is 6.42 Å². The third kappa shape index (κ3) is 1.79. The van der Waals surface area contributed by atoms with Gasteiger partial charge in [-0.05, 0) is 24.2 Å². The summed E-state index contributed by atoms with van der Waals surface area (Å²) >= 11 is 0. The van der Waals surface area contributed by atoms with Crippen molar-refractivity contribution in [1.29, 1.82) is 0 Å². The topological polar surface area (TPSA) is 77.8 Å². The van der Waals surface area contributed by atoms with Crippen LogP contribution in [0.4, 0.5) is 0 Å². The van der Waals surface area contributed by atoms with Crippen LogP contribution in [0.5, 0.6) is 0 Å². The maximum Gasteiger partial charge on any atom is 0.307 e. The van der Waals surface area contributed by atoms with E-state index in [4.69, 9.17) is 0 Å². The SMILES string of the molecule is CC(C)C1(O)CN(C(=O)C2C3C=CC(C3)C2C(=O)O)C1. The fourth-order valence-electron chi connectivity index (χ4n) is 3.84. The summed E-state index contributed by atoms with van der Waals surface area (Å²) in [5, 5.41) is 19.6. The molecule has 1 amide bonds. The highest BCUT2D eigenvalue weighted by Gasteiger charge is 2.55. The molecule has 1 saturated carbocycles. The number of amides is 1. The third-order valence-electron chi connectivity index (χ3n) is 5.35. The Kier molecular flexibility index (Phi) is 2.94. The first-order valence-corrected chi connectivity index (χ1v) is 7.26. The number of carbonyl (C=O) groups is 2. The number of rotatable bonds is 3. The van der Waals surface area contributed by atoms with Gasteiger partial charge in [0.05, 0.1) is 24.9 Å². The number of likely N-dealkylation sites (tertiary alicyclic amines) is 1. The van der Waals surface area contributed by atoms with Crippen LogP contribution >= 0.6 is 0 Å². The van der Waals surface area contributed by atoms with Crippen LogP contribution in [-0.2, 0) is 9.59 Å². The normalized spacial score (nSPS) is 37.3.